The minimum absolute atomic E-state index is 0.00990. The molecule has 50 heavy (non-hydrogen) atoms. The normalized spacial score (nSPS) is 11.1. The summed E-state index contributed by atoms with van der Waals surface area (Å²) in [6, 6.07) is 14.6. The van der Waals surface area contributed by atoms with E-state index in [2.05, 4.69) is 29.4 Å². The molecule has 0 aliphatic carbocycles. The Morgan fingerprint density at radius 2 is 0.940 bits per heavy atom. The fourth-order valence-corrected chi connectivity index (χ4v) is 4.52. The van der Waals surface area contributed by atoms with Crippen LogP contribution in [0.2, 0.25) is 0 Å². The number of aliphatic hydroxyl groups is 2. The van der Waals surface area contributed by atoms with Crippen molar-refractivity contribution >= 4 is 23.6 Å². The number of anilines is 2. The van der Waals surface area contributed by atoms with E-state index < -0.39 is 12.2 Å². The molecule has 12 heteroatoms. The van der Waals surface area contributed by atoms with Gasteiger partial charge in [0.25, 0.3) is 0 Å². The van der Waals surface area contributed by atoms with Crippen LogP contribution in [0.1, 0.15) is 81.1 Å². The van der Waals surface area contributed by atoms with Gasteiger partial charge in [-0.05, 0) is 75.2 Å². The number of benzene rings is 2. The molecular weight excluding hydrogens is 640 g/mol. The highest BCUT2D eigenvalue weighted by Crippen LogP contribution is 2.21. The zero-order valence-corrected chi connectivity index (χ0v) is 32.5. The Morgan fingerprint density at radius 1 is 0.620 bits per heavy atom. The summed E-state index contributed by atoms with van der Waals surface area (Å²) >= 11 is 0. The zero-order valence-electron chi connectivity index (χ0n) is 32.5. The fourth-order valence-electron chi connectivity index (χ4n) is 4.52. The average Bonchev–Trinajstić information content (AvgIpc) is 3.11. The van der Waals surface area contributed by atoms with E-state index >= 15 is 0 Å². The zero-order chi connectivity index (χ0) is 38.2. The van der Waals surface area contributed by atoms with Crippen molar-refractivity contribution in [3.63, 3.8) is 0 Å². The van der Waals surface area contributed by atoms with Gasteiger partial charge in [-0.15, -0.1) is 0 Å². The van der Waals surface area contributed by atoms with Crippen molar-refractivity contribution in [3.05, 3.63) is 48.5 Å². The van der Waals surface area contributed by atoms with Crippen molar-refractivity contribution in [3.8, 4) is 11.5 Å². The smallest absolute Gasteiger partial charge is 0.410 e. The van der Waals surface area contributed by atoms with Crippen LogP contribution in [0, 0.1) is 0 Å². The molecule has 12 nitrogen and oxygen atoms in total. The van der Waals surface area contributed by atoms with Crippen LogP contribution >= 0.6 is 0 Å². The number of hydrogen-bond acceptors (Lipinski definition) is 10. The highest BCUT2D eigenvalue weighted by atomic mass is 16.6. The summed E-state index contributed by atoms with van der Waals surface area (Å²) in [5.74, 6) is 0.983. The number of carbonyl (C=O) groups is 2. The Bertz CT molecular complexity index is 1060. The Hall–Kier alpha value is -3.58. The third-order valence-corrected chi connectivity index (χ3v) is 6.87. The summed E-state index contributed by atoms with van der Waals surface area (Å²) in [4.78, 5) is 27.6. The molecule has 4 N–H and O–H groups in total. The Morgan fingerprint density at radius 3 is 1.22 bits per heavy atom. The second-order valence-corrected chi connectivity index (χ2v) is 10.8. The first-order valence-electron chi connectivity index (χ1n) is 18.1. The molecule has 2 amide bonds. The van der Waals surface area contributed by atoms with Gasteiger partial charge in [0.2, 0.25) is 0 Å². The third kappa shape index (κ3) is 22.9. The van der Waals surface area contributed by atoms with Gasteiger partial charge >= 0.3 is 12.2 Å². The quantitative estimate of drug-likeness (QED) is 0.115. The van der Waals surface area contributed by atoms with Gasteiger partial charge in [-0.1, -0.05) is 54.4 Å². The lowest BCUT2D eigenvalue weighted by atomic mass is 10.2. The number of rotatable bonds is 20. The molecule has 0 saturated carbocycles. The molecule has 288 valence electrons. The van der Waals surface area contributed by atoms with Crippen molar-refractivity contribution in [1.82, 2.24) is 10.6 Å². The second-order valence-electron chi connectivity index (χ2n) is 10.8. The number of ether oxygens (including phenoxy) is 4. The van der Waals surface area contributed by atoms with E-state index in [1.807, 2.05) is 58.6 Å². The highest BCUT2D eigenvalue weighted by Gasteiger charge is 2.12. The maximum Gasteiger partial charge on any atom is 0.412 e. The van der Waals surface area contributed by atoms with Crippen LogP contribution in [0.5, 0.6) is 11.5 Å². The van der Waals surface area contributed by atoms with E-state index in [1.54, 1.807) is 50.6 Å². The molecule has 2 atom stereocenters. The SMILES string of the molecule is CC.CC.CCC[C@@H](C)NC(=O)Oc1ccc(N(CCO)CCO)cc1.CCC[C@@H](C)NC(=O)Oc1ccc(N(CCOC)CCOC)cc1. The molecule has 0 radical (unpaired) electrons. The average molecular weight is 709 g/mol. The van der Waals surface area contributed by atoms with Crippen LogP contribution in [-0.2, 0) is 9.47 Å². The molecule has 0 unspecified atom stereocenters. The first kappa shape index (κ1) is 48.5. The number of nitrogens with one attached hydrogen (secondary N) is 2. The standard InChI is InChI=1S/C18H30N2O4.C16H26N2O4.2C2H6/c1-5-6-15(2)19-18(21)24-17-9-7-16(8-10-17)20(11-13-22-3)12-14-23-4;1-3-4-13(2)17-16(21)22-15-7-5-14(6-8-15)18(9-11-19)10-12-20;2*1-2/h7-10,15H,5-6,11-14H2,1-4H3,(H,19,21);5-8,13,19-20H,3-4,9-12H2,1-2H3,(H,17,21);2*1-2H3/t15-;13-;;/m11../s1. The lowest BCUT2D eigenvalue weighted by molar-refractivity contribution is 0.190. The van der Waals surface area contributed by atoms with E-state index in [-0.39, 0.29) is 25.3 Å². The van der Waals surface area contributed by atoms with Gasteiger partial charge in [-0.25, -0.2) is 9.59 Å². The summed E-state index contributed by atoms with van der Waals surface area (Å²) in [5, 5.41) is 23.6. The maximum atomic E-state index is 11.8. The number of hydrogen-bond donors (Lipinski definition) is 4. The summed E-state index contributed by atoms with van der Waals surface area (Å²) in [6.07, 6.45) is 2.99. The van der Waals surface area contributed by atoms with Crippen LogP contribution in [0.4, 0.5) is 21.0 Å². The van der Waals surface area contributed by atoms with Gasteiger partial charge in [0.1, 0.15) is 11.5 Å². The van der Waals surface area contributed by atoms with Crippen molar-refractivity contribution in [1.29, 1.82) is 0 Å². The fraction of sp³-hybridized carbons (Fsp3) is 0.632. The van der Waals surface area contributed by atoms with Crippen LogP contribution in [-0.4, -0.2) is 101 Å². The van der Waals surface area contributed by atoms with Gasteiger partial charge in [-0.3, -0.25) is 0 Å². The summed E-state index contributed by atoms with van der Waals surface area (Å²) in [5.41, 5.74) is 1.89. The van der Waals surface area contributed by atoms with Crippen molar-refractivity contribution < 1.29 is 38.7 Å². The second kappa shape index (κ2) is 32.6. The summed E-state index contributed by atoms with van der Waals surface area (Å²) in [7, 11) is 3.37. The van der Waals surface area contributed by atoms with Crippen LogP contribution < -0.4 is 29.9 Å². The number of nitrogens with zero attached hydrogens (tertiary/aromatic N) is 2. The lowest BCUT2D eigenvalue weighted by Gasteiger charge is -2.24. The first-order valence-corrected chi connectivity index (χ1v) is 18.1. The lowest BCUT2D eigenvalue weighted by Crippen LogP contribution is -2.34. The van der Waals surface area contributed by atoms with Crippen molar-refractivity contribution in [2.45, 2.75) is 93.2 Å². The molecule has 2 rings (SSSR count). The molecule has 0 aliphatic heterocycles. The molecule has 0 aliphatic rings. The van der Waals surface area contributed by atoms with Gasteiger partial charge in [0.05, 0.1) is 26.4 Å². The summed E-state index contributed by atoms with van der Waals surface area (Å²) in [6.45, 7) is 19.8. The minimum Gasteiger partial charge on any atom is -0.410 e. The van der Waals surface area contributed by atoms with Crippen LogP contribution in [0.3, 0.4) is 0 Å². The third-order valence-electron chi connectivity index (χ3n) is 6.87. The molecule has 0 aromatic heterocycles. The van der Waals surface area contributed by atoms with Gasteiger partial charge in [0, 0.05) is 63.9 Å². The Labute approximate surface area is 302 Å². The molecule has 0 spiro atoms. The van der Waals surface area contributed by atoms with Gasteiger partial charge < -0.3 is 49.6 Å². The van der Waals surface area contributed by atoms with E-state index in [4.69, 9.17) is 29.2 Å². The number of aliphatic hydroxyl groups excluding tert-OH is 2. The van der Waals surface area contributed by atoms with E-state index in [1.165, 1.54) is 0 Å². The highest BCUT2D eigenvalue weighted by molar-refractivity contribution is 5.71. The van der Waals surface area contributed by atoms with E-state index in [0.29, 0.717) is 37.8 Å². The molecule has 2 aromatic rings. The van der Waals surface area contributed by atoms with Crippen molar-refractivity contribution in [2.75, 3.05) is 76.6 Å². The largest absolute Gasteiger partial charge is 0.412 e. The molecular formula is C38H68N4O8. The number of amides is 2. The number of methoxy groups -OCH3 is 2. The van der Waals surface area contributed by atoms with Gasteiger partial charge in [-0.2, -0.15) is 0 Å². The Balaban J connectivity index is 0. The minimum atomic E-state index is -0.462. The first-order chi connectivity index (χ1) is 24.2. The predicted molar refractivity (Wildman–Crippen MR) is 205 cm³/mol. The number of carbonyl (C=O) groups excluding carboxylic acids is 2. The molecule has 2 aromatic carbocycles. The molecule has 0 saturated heterocycles. The van der Waals surface area contributed by atoms with Crippen LogP contribution in [0.15, 0.2) is 48.5 Å². The van der Waals surface area contributed by atoms with E-state index in [0.717, 1.165) is 50.1 Å². The van der Waals surface area contributed by atoms with Gasteiger partial charge in [0.15, 0.2) is 0 Å². The topological polar surface area (TPSA) is 142 Å². The maximum absolute atomic E-state index is 11.8. The summed E-state index contributed by atoms with van der Waals surface area (Å²) < 4.78 is 20.8. The molecule has 0 fully saturated rings. The molecule has 0 bridgehead atoms. The molecule has 0 heterocycles. The van der Waals surface area contributed by atoms with Crippen molar-refractivity contribution in [2.24, 2.45) is 0 Å². The monoisotopic (exact) mass is 709 g/mol. The Kier molecular flexibility index (Phi) is 31.7. The van der Waals surface area contributed by atoms with E-state index in [9.17, 15) is 9.59 Å². The predicted octanol–water partition coefficient (Wildman–Crippen LogP) is 6.87. The van der Waals surface area contributed by atoms with Crippen LogP contribution in [0.25, 0.3) is 0 Å².